The number of hydrogen-bond donors (Lipinski definition) is 0. The van der Waals surface area contributed by atoms with E-state index in [0.29, 0.717) is 0 Å². The average molecular weight is 628 g/mol. The van der Waals surface area contributed by atoms with Gasteiger partial charge in [0.1, 0.15) is 11.5 Å². The molecule has 7 aromatic carbocycles. The van der Waals surface area contributed by atoms with Crippen LogP contribution < -0.4 is 4.74 Å². The highest BCUT2D eigenvalue weighted by molar-refractivity contribution is 6.04. The quantitative estimate of drug-likeness (QED) is 0.190. The second kappa shape index (κ2) is 11.2. The van der Waals surface area contributed by atoms with Gasteiger partial charge in [0, 0.05) is 27.6 Å². The van der Waals surface area contributed by atoms with Crippen LogP contribution in [0.3, 0.4) is 0 Å². The van der Waals surface area contributed by atoms with E-state index in [2.05, 4.69) is 9.97 Å². The van der Waals surface area contributed by atoms with E-state index in [1.807, 2.05) is 0 Å². The number of ether oxygens (including phenoxy) is 1. The topological polar surface area (TPSA) is 35.0 Å². The molecule has 3 heteroatoms. The first-order chi connectivity index (χ1) is 34.5. The lowest BCUT2D eigenvalue weighted by Gasteiger charge is -2.22. The molecule has 3 nitrogen and oxygen atoms in total. The van der Waals surface area contributed by atoms with E-state index in [9.17, 15) is 8.22 Å². The lowest BCUT2D eigenvalue weighted by molar-refractivity contribution is 0.487. The Balaban J connectivity index is 1.37. The SMILES string of the molecule is [2H]c1c([2H])c([2H])c(-c2cc(-c3c([2H])c([2H])c([2H])c(-c4c([2H])c([2H])c([2H])c([2H])c4[2H])c3[2H])nc(-c3c([2H])c([2H])c(-c4c([2H])c([2H])c5c(c4[2H])-c4c([2H])c([2H])c([2H])c6c([2H])c([2H])c([2H])c(c46)O5)c([2H])c3[2H])n2)c([2H])c1[2H]. The summed E-state index contributed by atoms with van der Waals surface area (Å²) in [6.07, 6.45) is 0. The van der Waals surface area contributed by atoms with Crippen molar-refractivity contribution in [2.75, 3.05) is 0 Å². The molecule has 1 aliphatic rings. The summed E-state index contributed by atoms with van der Waals surface area (Å²) >= 11 is 0. The van der Waals surface area contributed by atoms with Crippen LogP contribution in [0.15, 0.2) is 169 Å². The molecule has 0 aliphatic carbocycles. The fourth-order valence-corrected chi connectivity index (χ4v) is 4.79. The molecule has 0 unspecified atom stereocenters. The first-order valence-electron chi connectivity index (χ1n) is 27.1. The molecule has 220 valence electrons. The Bertz CT molecular complexity index is 3870. The average Bonchev–Trinajstić information content (AvgIpc) is 3.36. The van der Waals surface area contributed by atoms with E-state index in [0.717, 1.165) is 6.07 Å². The summed E-state index contributed by atoms with van der Waals surface area (Å²) in [5.41, 5.74) is -7.38. The standard InChI is InChI=1S/C44H28N2O/c1-3-10-29(11-4-1)34-16-7-17-36(26-34)40-28-39(31-12-5-2-6-13-31)45-44(46-40)33-22-20-30(21-23-33)35-24-25-41-38(27-35)37-18-8-14-32-15-9-19-42(47-41)43(32)37/h1-28H/i1D,2D,3D,4D,5D,6D,7D,8D,9D,10D,11D,12D,13D,14D,15D,16D,17D,18D,19D,20D,21D,22D,23D,24D,25D,26D,27D. The van der Waals surface area contributed by atoms with E-state index < -0.39 is 247 Å². The van der Waals surface area contributed by atoms with E-state index in [-0.39, 0.29) is 5.39 Å². The van der Waals surface area contributed by atoms with Crippen LogP contribution in [0.4, 0.5) is 0 Å². The van der Waals surface area contributed by atoms with Crippen molar-refractivity contribution in [1.29, 1.82) is 0 Å². The number of rotatable bonds is 5. The molecular weight excluding hydrogens is 572 g/mol. The zero-order valence-electron chi connectivity index (χ0n) is 50.4. The van der Waals surface area contributed by atoms with Crippen LogP contribution in [0.1, 0.15) is 37.0 Å². The molecule has 9 rings (SSSR count). The summed E-state index contributed by atoms with van der Waals surface area (Å²) in [7, 11) is 0. The van der Waals surface area contributed by atoms with E-state index in [4.69, 9.17) is 33.5 Å². The molecular formula is C44H28N2O. The maximum absolute atomic E-state index is 9.46. The zero-order chi connectivity index (χ0) is 54.7. The van der Waals surface area contributed by atoms with Crippen LogP contribution in [0.5, 0.6) is 11.5 Å². The highest BCUT2D eigenvalue weighted by atomic mass is 16.5. The van der Waals surface area contributed by atoms with Crippen molar-refractivity contribution >= 4 is 10.8 Å². The number of fused-ring (bicyclic) bond motifs is 2. The Morgan fingerprint density at radius 2 is 0.979 bits per heavy atom. The summed E-state index contributed by atoms with van der Waals surface area (Å²) < 4.78 is 242. The largest absolute Gasteiger partial charge is 0.456 e. The van der Waals surface area contributed by atoms with E-state index >= 15 is 0 Å². The molecule has 0 N–H and O–H groups in total. The predicted molar refractivity (Wildman–Crippen MR) is 192 cm³/mol. The van der Waals surface area contributed by atoms with Crippen molar-refractivity contribution < 1.29 is 41.7 Å². The molecule has 0 saturated carbocycles. The molecule has 1 aliphatic heterocycles. The lowest BCUT2D eigenvalue weighted by atomic mass is 9.92. The Morgan fingerprint density at radius 3 is 1.77 bits per heavy atom. The van der Waals surface area contributed by atoms with Gasteiger partial charge in [-0.2, -0.15) is 0 Å². The van der Waals surface area contributed by atoms with Crippen molar-refractivity contribution in [1.82, 2.24) is 9.97 Å². The molecule has 0 bridgehead atoms. The molecule has 0 spiro atoms. The van der Waals surface area contributed by atoms with Crippen LogP contribution >= 0.6 is 0 Å². The second-order valence-corrected chi connectivity index (χ2v) is 9.72. The number of nitrogens with zero attached hydrogens (tertiary/aromatic N) is 2. The van der Waals surface area contributed by atoms with Gasteiger partial charge < -0.3 is 4.74 Å². The molecule has 2 heterocycles. The molecule has 1 aromatic heterocycles. The smallest absolute Gasteiger partial charge is 0.160 e. The van der Waals surface area contributed by atoms with Crippen molar-refractivity contribution in [2.45, 2.75) is 0 Å². The third-order valence-corrected chi connectivity index (χ3v) is 6.91. The Kier molecular flexibility index (Phi) is 2.67. The normalized spacial score (nSPS) is 19.6. The fourth-order valence-electron chi connectivity index (χ4n) is 4.79. The van der Waals surface area contributed by atoms with Crippen molar-refractivity contribution in [3.05, 3.63) is 169 Å². The third kappa shape index (κ3) is 4.95. The first kappa shape index (κ1) is 11.2. The first-order valence-corrected chi connectivity index (χ1v) is 13.6. The van der Waals surface area contributed by atoms with Gasteiger partial charge >= 0.3 is 0 Å². The summed E-state index contributed by atoms with van der Waals surface area (Å²) in [6, 6.07) is -22.6. The molecule has 0 fully saturated rings. The highest BCUT2D eigenvalue weighted by Crippen LogP contribution is 2.47. The van der Waals surface area contributed by atoms with Crippen molar-refractivity contribution in [2.24, 2.45) is 0 Å². The van der Waals surface area contributed by atoms with Gasteiger partial charge in [-0.3, -0.25) is 0 Å². The summed E-state index contributed by atoms with van der Waals surface area (Å²) in [5, 5.41) is -0.714. The van der Waals surface area contributed by atoms with Gasteiger partial charge in [-0.25, -0.2) is 9.97 Å². The van der Waals surface area contributed by atoms with Crippen LogP contribution in [-0.2, 0) is 0 Å². The predicted octanol–water partition coefficient (Wildman–Crippen LogP) is 11.7. The third-order valence-electron chi connectivity index (χ3n) is 6.91. The van der Waals surface area contributed by atoms with Gasteiger partial charge in [-0.05, 0) is 63.4 Å². The van der Waals surface area contributed by atoms with Gasteiger partial charge in [-0.1, -0.05) is 139 Å². The zero-order valence-corrected chi connectivity index (χ0v) is 23.4. The van der Waals surface area contributed by atoms with Crippen LogP contribution in [0.25, 0.3) is 78.1 Å². The Labute approximate surface area is 311 Å². The summed E-state index contributed by atoms with van der Waals surface area (Å²) in [5.74, 6) is -1.98. The highest BCUT2D eigenvalue weighted by Gasteiger charge is 2.20. The monoisotopic (exact) mass is 627 g/mol. The van der Waals surface area contributed by atoms with Gasteiger partial charge in [0.25, 0.3) is 0 Å². The van der Waals surface area contributed by atoms with Gasteiger partial charge in [0.2, 0.25) is 0 Å². The van der Waals surface area contributed by atoms with Gasteiger partial charge in [0.15, 0.2) is 5.82 Å². The van der Waals surface area contributed by atoms with Gasteiger partial charge in [-0.15, -0.1) is 0 Å². The van der Waals surface area contributed by atoms with Gasteiger partial charge in [0.05, 0.1) is 48.4 Å². The fraction of sp³-hybridized carbons (Fsp3) is 0. The van der Waals surface area contributed by atoms with Crippen molar-refractivity contribution in [3.8, 4) is 78.8 Å². The van der Waals surface area contributed by atoms with E-state index in [1.165, 1.54) is 0 Å². The minimum Gasteiger partial charge on any atom is -0.456 e. The summed E-state index contributed by atoms with van der Waals surface area (Å²) in [6.45, 7) is 0. The maximum Gasteiger partial charge on any atom is 0.160 e. The van der Waals surface area contributed by atoms with E-state index in [1.54, 1.807) is 0 Å². The molecule has 47 heavy (non-hydrogen) atoms. The molecule has 0 atom stereocenters. The molecule has 0 amide bonds. The van der Waals surface area contributed by atoms with Crippen LogP contribution in [-0.4, -0.2) is 9.97 Å². The maximum atomic E-state index is 9.46. The summed E-state index contributed by atoms with van der Waals surface area (Å²) in [4.78, 5) is 8.71. The van der Waals surface area contributed by atoms with Crippen LogP contribution in [0, 0.1) is 0 Å². The minimum atomic E-state index is -1.04. The molecule has 8 aromatic rings. The number of benzene rings is 7. The minimum absolute atomic E-state index is 0.310. The van der Waals surface area contributed by atoms with Crippen molar-refractivity contribution in [3.63, 3.8) is 0 Å². The second-order valence-electron chi connectivity index (χ2n) is 9.72. The molecule has 0 saturated heterocycles. The Morgan fingerprint density at radius 1 is 0.404 bits per heavy atom. The lowest BCUT2D eigenvalue weighted by Crippen LogP contribution is -1.97. The number of aromatic nitrogens is 2. The Hall–Kier alpha value is -6.32. The number of hydrogen-bond acceptors (Lipinski definition) is 3. The van der Waals surface area contributed by atoms with Crippen LogP contribution in [0.2, 0.25) is 0 Å². The molecule has 0 radical (unpaired) electrons.